The van der Waals surface area contributed by atoms with Gasteiger partial charge in [-0.15, -0.1) is 24.0 Å². The number of nitrogens with one attached hydrogen (secondary N) is 3. The SMILES string of the molecule is CCNC(=NCCCOC1CCOC1)NCCc1nc2ccccc2[nH]1.I. The molecule has 1 aromatic carbocycles. The molecule has 3 N–H and O–H groups in total. The predicted octanol–water partition coefficient (Wildman–Crippen LogP) is 2.47. The molecule has 1 unspecified atom stereocenters. The molecule has 0 spiro atoms. The van der Waals surface area contributed by atoms with Crippen LogP contribution in [-0.2, 0) is 15.9 Å². The fourth-order valence-electron chi connectivity index (χ4n) is 2.91. The first-order valence-corrected chi connectivity index (χ1v) is 9.50. The Balaban J connectivity index is 0.00000261. The molecule has 1 aliphatic rings. The molecule has 2 aromatic rings. The highest BCUT2D eigenvalue weighted by molar-refractivity contribution is 14.0. The van der Waals surface area contributed by atoms with Crippen LogP contribution in [0.4, 0.5) is 0 Å². The number of imidazole rings is 1. The van der Waals surface area contributed by atoms with Crippen LogP contribution in [0.5, 0.6) is 0 Å². The summed E-state index contributed by atoms with van der Waals surface area (Å²) in [6.07, 6.45) is 3.02. The van der Waals surface area contributed by atoms with Gasteiger partial charge >= 0.3 is 0 Å². The van der Waals surface area contributed by atoms with Crippen molar-refractivity contribution in [3.63, 3.8) is 0 Å². The topological polar surface area (TPSA) is 83.6 Å². The molecule has 1 atom stereocenters. The number of fused-ring (bicyclic) bond motifs is 1. The molecule has 150 valence electrons. The highest BCUT2D eigenvalue weighted by Crippen LogP contribution is 2.10. The summed E-state index contributed by atoms with van der Waals surface area (Å²) in [7, 11) is 0. The van der Waals surface area contributed by atoms with Crippen LogP contribution in [-0.4, -0.2) is 61.5 Å². The van der Waals surface area contributed by atoms with Crippen LogP contribution >= 0.6 is 24.0 Å². The van der Waals surface area contributed by atoms with Gasteiger partial charge in [-0.25, -0.2) is 4.98 Å². The molecule has 2 heterocycles. The zero-order valence-electron chi connectivity index (χ0n) is 15.9. The summed E-state index contributed by atoms with van der Waals surface area (Å²) in [4.78, 5) is 12.6. The van der Waals surface area contributed by atoms with Gasteiger partial charge in [0.25, 0.3) is 0 Å². The number of guanidine groups is 1. The maximum atomic E-state index is 5.77. The van der Waals surface area contributed by atoms with Gasteiger partial charge in [0, 0.05) is 39.3 Å². The third-order valence-electron chi connectivity index (χ3n) is 4.25. The largest absolute Gasteiger partial charge is 0.379 e. The van der Waals surface area contributed by atoms with E-state index in [-0.39, 0.29) is 30.1 Å². The Morgan fingerprint density at radius 3 is 3.04 bits per heavy atom. The Labute approximate surface area is 177 Å². The lowest BCUT2D eigenvalue weighted by Gasteiger charge is -2.11. The fourth-order valence-corrected chi connectivity index (χ4v) is 2.91. The van der Waals surface area contributed by atoms with Crippen LogP contribution < -0.4 is 10.6 Å². The number of benzene rings is 1. The summed E-state index contributed by atoms with van der Waals surface area (Å²) in [5.41, 5.74) is 2.09. The molecule has 1 aliphatic heterocycles. The number of aromatic nitrogens is 2. The Kier molecular flexibility index (Phi) is 9.85. The molecular formula is C19H30IN5O2. The van der Waals surface area contributed by atoms with Crippen molar-refractivity contribution in [3.05, 3.63) is 30.1 Å². The van der Waals surface area contributed by atoms with Crippen LogP contribution in [0.25, 0.3) is 11.0 Å². The molecule has 0 aliphatic carbocycles. The highest BCUT2D eigenvalue weighted by Gasteiger charge is 2.15. The van der Waals surface area contributed by atoms with Crippen LogP contribution in [0.3, 0.4) is 0 Å². The second-order valence-electron chi connectivity index (χ2n) is 6.35. The van der Waals surface area contributed by atoms with Crippen molar-refractivity contribution in [2.24, 2.45) is 4.99 Å². The lowest BCUT2D eigenvalue weighted by Crippen LogP contribution is -2.38. The summed E-state index contributed by atoms with van der Waals surface area (Å²) in [6, 6.07) is 8.09. The van der Waals surface area contributed by atoms with E-state index < -0.39 is 0 Å². The van der Waals surface area contributed by atoms with Crippen molar-refractivity contribution < 1.29 is 9.47 Å². The Bertz CT molecular complexity index is 667. The van der Waals surface area contributed by atoms with Crippen molar-refractivity contribution in [2.45, 2.75) is 32.3 Å². The fraction of sp³-hybridized carbons (Fsp3) is 0.579. The quantitative estimate of drug-likeness (QED) is 0.219. The number of aromatic amines is 1. The normalized spacial score (nSPS) is 17.1. The molecule has 27 heavy (non-hydrogen) atoms. The van der Waals surface area contributed by atoms with Crippen molar-refractivity contribution in [2.75, 3.05) is 39.5 Å². The number of H-pyrrole nitrogens is 1. The third-order valence-corrected chi connectivity index (χ3v) is 4.25. The number of ether oxygens (including phenoxy) is 2. The Morgan fingerprint density at radius 2 is 2.26 bits per heavy atom. The van der Waals surface area contributed by atoms with E-state index in [1.165, 1.54) is 0 Å². The number of hydrogen-bond acceptors (Lipinski definition) is 4. The second-order valence-corrected chi connectivity index (χ2v) is 6.35. The molecule has 1 fully saturated rings. The molecule has 1 aromatic heterocycles. The first-order chi connectivity index (χ1) is 12.8. The highest BCUT2D eigenvalue weighted by atomic mass is 127. The maximum absolute atomic E-state index is 5.77. The number of para-hydroxylation sites is 2. The van der Waals surface area contributed by atoms with E-state index in [0.717, 1.165) is 81.5 Å². The van der Waals surface area contributed by atoms with Crippen molar-refractivity contribution in [1.82, 2.24) is 20.6 Å². The zero-order valence-corrected chi connectivity index (χ0v) is 18.2. The van der Waals surface area contributed by atoms with Gasteiger partial charge in [0.05, 0.1) is 23.7 Å². The molecule has 0 bridgehead atoms. The van der Waals surface area contributed by atoms with E-state index in [0.29, 0.717) is 0 Å². The summed E-state index contributed by atoms with van der Waals surface area (Å²) in [5.74, 6) is 1.83. The van der Waals surface area contributed by atoms with Gasteiger partial charge in [-0.2, -0.15) is 0 Å². The Hall–Kier alpha value is -1.39. The molecule has 1 saturated heterocycles. The summed E-state index contributed by atoms with van der Waals surface area (Å²) < 4.78 is 11.1. The first-order valence-electron chi connectivity index (χ1n) is 9.50. The van der Waals surface area contributed by atoms with Gasteiger partial charge in [0.1, 0.15) is 5.82 Å². The minimum atomic E-state index is 0. The molecule has 0 radical (unpaired) electrons. The van der Waals surface area contributed by atoms with Crippen molar-refractivity contribution in [3.8, 4) is 0 Å². The summed E-state index contributed by atoms with van der Waals surface area (Å²) >= 11 is 0. The molecule has 7 nitrogen and oxygen atoms in total. The number of nitrogens with zero attached hydrogens (tertiary/aromatic N) is 2. The number of hydrogen-bond donors (Lipinski definition) is 3. The van der Waals surface area contributed by atoms with Gasteiger partial charge in [-0.1, -0.05) is 12.1 Å². The zero-order chi connectivity index (χ0) is 18.0. The van der Waals surface area contributed by atoms with Gasteiger partial charge in [-0.3, -0.25) is 4.99 Å². The third kappa shape index (κ3) is 7.27. The van der Waals surface area contributed by atoms with Crippen LogP contribution in [0.1, 0.15) is 25.6 Å². The maximum Gasteiger partial charge on any atom is 0.191 e. The van der Waals surface area contributed by atoms with E-state index >= 15 is 0 Å². The standard InChI is InChI=1S/C19H29N5O2.HI/c1-2-20-19(21-10-5-12-26-15-9-13-25-14-15)22-11-8-18-23-16-6-3-4-7-17(16)24-18;/h3-4,6-7,15H,2,5,8-14H2,1H3,(H,23,24)(H2,20,21,22);1H. The summed E-state index contributed by atoms with van der Waals surface area (Å²) in [6.45, 7) is 6.72. The van der Waals surface area contributed by atoms with Crippen LogP contribution in [0.2, 0.25) is 0 Å². The van der Waals surface area contributed by atoms with Gasteiger partial charge < -0.3 is 25.1 Å². The van der Waals surface area contributed by atoms with E-state index in [9.17, 15) is 0 Å². The molecular weight excluding hydrogens is 457 g/mol. The smallest absolute Gasteiger partial charge is 0.191 e. The second kappa shape index (κ2) is 12.1. The predicted molar refractivity (Wildman–Crippen MR) is 119 cm³/mol. The van der Waals surface area contributed by atoms with Crippen molar-refractivity contribution in [1.29, 1.82) is 0 Å². The number of halogens is 1. The van der Waals surface area contributed by atoms with E-state index in [2.05, 4.69) is 32.5 Å². The van der Waals surface area contributed by atoms with Crippen LogP contribution in [0, 0.1) is 0 Å². The van der Waals surface area contributed by atoms with Gasteiger partial charge in [-0.05, 0) is 31.9 Å². The van der Waals surface area contributed by atoms with E-state index in [4.69, 9.17) is 9.47 Å². The molecule has 3 rings (SSSR count). The van der Waals surface area contributed by atoms with Gasteiger partial charge in [0.15, 0.2) is 5.96 Å². The molecule has 0 saturated carbocycles. The monoisotopic (exact) mass is 487 g/mol. The van der Waals surface area contributed by atoms with E-state index in [1.54, 1.807) is 0 Å². The van der Waals surface area contributed by atoms with Gasteiger partial charge in [0.2, 0.25) is 0 Å². The Morgan fingerprint density at radius 1 is 1.37 bits per heavy atom. The van der Waals surface area contributed by atoms with Crippen molar-refractivity contribution >= 4 is 41.0 Å². The number of rotatable bonds is 9. The minimum absolute atomic E-state index is 0. The minimum Gasteiger partial charge on any atom is -0.379 e. The molecule has 8 heteroatoms. The lowest BCUT2D eigenvalue weighted by molar-refractivity contribution is 0.0424. The first kappa shape index (κ1) is 21.9. The molecule has 0 amide bonds. The number of aliphatic imine (C=N–C) groups is 1. The average molecular weight is 487 g/mol. The summed E-state index contributed by atoms with van der Waals surface area (Å²) in [5, 5.41) is 6.64. The average Bonchev–Trinajstić information content (AvgIpc) is 3.30. The lowest BCUT2D eigenvalue weighted by atomic mass is 10.3. The van der Waals surface area contributed by atoms with E-state index in [1.807, 2.05) is 24.3 Å². The van der Waals surface area contributed by atoms with Crippen LogP contribution in [0.15, 0.2) is 29.3 Å².